The first-order valence-corrected chi connectivity index (χ1v) is 11.3. The Morgan fingerprint density at radius 3 is 2.54 bits per heavy atom. The zero-order valence-corrected chi connectivity index (χ0v) is 19.0. The number of anilines is 1. The lowest BCUT2D eigenvalue weighted by Gasteiger charge is -2.44. The summed E-state index contributed by atoms with van der Waals surface area (Å²) in [6.07, 6.45) is -4.15. The number of nitrogens with zero attached hydrogens (tertiary/aromatic N) is 3. The van der Waals surface area contributed by atoms with Crippen molar-refractivity contribution in [1.29, 1.82) is 5.26 Å². The third kappa shape index (κ3) is 4.69. The summed E-state index contributed by atoms with van der Waals surface area (Å²) in [5, 5.41) is 9.07. The number of likely N-dealkylation sites (tertiary alicyclic amines) is 1. The Kier molecular flexibility index (Phi) is 6.73. The summed E-state index contributed by atoms with van der Waals surface area (Å²) >= 11 is 0. The van der Waals surface area contributed by atoms with Crippen LogP contribution in [0.5, 0.6) is 0 Å². The Morgan fingerprint density at radius 1 is 1.20 bits per heavy atom. The number of halogens is 5. The molecule has 2 fully saturated rings. The number of carbonyl (C=O) groups is 1. The maximum atomic E-state index is 14.3. The molecule has 0 radical (unpaired) electrons. The number of hydrogen-bond donors (Lipinski definition) is 0. The van der Waals surface area contributed by atoms with Crippen LogP contribution in [-0.2, 0) is 10.9 Å². The first kappa shape index (κ1) is 24.9. The quantitative estimate of drug-likeness (QED) is 0.559. The van der Waals surface area contributed by atoms with E-state index in [9.17, 15) is 26.7 Å². The standard InChI is InChI=1S/C25H24F5N3O2/c1-2-35-15-24-8-9-32(18-7-6-16(11-31)19(10-18)25(28,29)30)12-17(24)13-33(14-24)23(34)22-20(26)4-3-5-21(22)27/h3-7,10,17H,2,8-9,12-15H2,1H3/t17-,24+/m1/s1. The van der Waals surface area contributed by atoms with Crippen molar-refractivity contribution in [3.8, 4) is 6.07 Å². The van der Waals surface area contributed by atoms with Crippen LogP contribution in [0.3, 0.4) is 0 Å². The van der Waals surface area contributed by atoms with E-state index < -0.39 is 45.8 Å². The van der Waals surface area contributed by atoms with Gasteiger partial charge in [-0.25, -0.2) is 8.78 Å². The van der Waals surface area contributed by atoms with E-state index in [1.165, 1.54) is 17.0 Å². The van der Waals surface area contributed by atoms with Crippen LogP contribution in [0.15, 0.2) is 36.4 Å². The highest BCUT2D eigenvalue weighted by molar-refractivity contribution is 5.95. The minimum atomic E-state index is -4.67. The maximum Gasteiger partial charge on any atom is 0.417 e. The van der Waals surface area contributed by atoms with E-state index in [0.717, 1.165) is 24.3 Å². The Morgan fingerprint density at radius 2 is 1.91 bits per heavy atom. The minimum absolute atomic E-state index is 0.188. The van der Waals surface area contributed by atoms with E-state index in [0.29, 0.717) is 38.4 Å². The number of nitriles is 1. The molecule has 0 aliphatic carbocycles. The van der Waals surface area contributed by atoms with Gasteiger partial charge in [-0.05, 0) is 43.7 Å². The van der Waals surface area contributed by atoms with E-state index in [4.69, 9.17) is 10.00 Å². The molecule has 2 aromatic rings. The molecule has 4 rings (SSSR count). The minimum Gasteiger partial charge on any atom is -0.381 e. The Hall–Kier alpha value is -3.19. The third-order valence-corrected chi connectivity index (χ3v) is 6.98. The lowest BCUT2D eigenvalue weighted by Crippen LogP contribution is -2.49. The van der Waals surface area contributed by atoms with Gasteiger partial charge in [0.15, 0.2) is 0 Å². The van der Waals surface area contributed by atoms with Crippen molar-refractivity contribution in [1.82, 2.24) is 4.90 Å². The van der Waals surface area contributed by atoms with E-state index in [2.05, 4.69) is 0 Å². The molecule has 0 saturated carbocycles. The second-order valence-electron chi connectivity index (χ2n) is 9.01. The largest absolute Gasteiger partial charge is 0.417 e. The second-order valence-corrected chi connectivity index (χ2v) is 9.01. The number of amides is 1. The number of carbonyl (C=O) groups excluding carboxylic acids is 1. The van der Waals surface area contributed by atoms with Crippen LogP contribution < -0.4 is 4.90 Å². The SMILES string of the molecule is CCOC[C@@]12CCN(c3ccc(C#N)c(C(F)(F)F)c3)C[C@@H]1CN(C(=O)c1c(F)cccc1F)C2. The van der Waals surface area contributed by atoms with Gasteiger partial charge in [0.25, 0.3) is 5.91 Å². The number of fused-ring (bicyclic) bond motifs is 1. The van der Waals surface area contributed by atoms with Crippen molar-refractivity contribution in [3.63, 3.8) is 0 Å². The number of rotatable bonds is 5. The number of hydrogen-bond acceptors (Lipinski definition) is 4. The van der Waals surface area contributed by atoms with Gasteiger partial charge >= 0.3 is 6.18 Å². The van der Waals surface area contributed by atoms with E-state index in [1.807, 2.05) is 6.92 Å². The van der Waals surface area contributed by atoms with Gasteiger partial charge in [0, 0.05) is 49.8 Å². The van der Waals surface area contributed by atoms with E-state index in [1.54, 1.807) is 11.0 Å². The summed E-state index contributed by atoms with van der Waals surface area (Å²) in [6, 6.07) is 8.44. The van der Waals surface area contributed by atoms with Gasteiger partial charge in [0.05, 0.1) is 23.8 Å². The second kappa shape index (κ2) is 9.46. The highest BCUT2D eigenvalue weighted by Gasteiger charge is 2.51. The predicted octanol–water partition coefficient (Wildman–Crippen LogP) is 4.86. The van der Waals surface area contributed by atoms with Crippen LogP contribution in [-0.4, -0.2) is 50.2 Å². The Bertz CT molecular complexity index is 1140. The van der Waals surface area contributed by atoms with Gasteiger partial charge in [-0.2, -0.15) is 18.4 Å². The van der Waals surface area contributed by atoms with Crippen LogP contribution in [0.4, 0.5) is 27.6 Å². The summed E-state index contributed by atoms with van der Waals surface area (Å²) in [7, 11) is 0. The molecule has 186 valence electrons. The van der Waals surface area contributed by atoms with E-state index in [-0.39, 0.29) is 19.0 Å². The van der Waals surface area contributed by atoms with Crippen LogP contribution in [0.25, 0.3) is 0 Å². The van der Waals surface area contributed by atoms with Gasteiger partial charge in [-0.3, -0.25) is 4.79 Å². The monoisotopic (exact) mass is 493 g/mol. The van der Waals surface area contributed by atoms with Gasteiger partial charge in [-0.15, -0.1) is 0 Å². The van der Waals surface area contributed by atoms with Crippen molar-refractivity contribution in [2.45, 2.75) is 19.5 Å². The number of piperidine rings is 1. The van der Waals surface area contributed by atoms with Crippen molar-refractivity contribution in [3.05, 3.63) is 64.7 Å². The fourth-order valence-electron chi connectivity index (χ4n) is 5.13. The first-order chi connectivity index (χ1) is 16.6. The zero-order chi connectivity index (χ0) is 25.4. The van der Waals surface area contributed by atoms with Gasteiger partial charge < -0.3 is 14.5 Å². The summed E-state index contributed by atoms with van der Waals surface area (Å²) in [5.41, 5.74) is -2.22. The molecule has 2 saturated heterocycles. The van der Waals surface area contributed by atoms with E-state index >= 15 is 0 Å². The average Bonchev–Trinajstić information content (AvgIpc) is 3.20. The molecule has 5 nitrogen and oxygen atoms in total. The fraction of sp³-hybridized carbons (Fsp3) is 0.440. The highest BCUT2D eigenvalue weighted by Crippen LogP contribution is 2.45. The maximum absolute atomic E-state index is 14.3. The number of benzene rings is 2. The van der Waals surface area contributed by atoms with Gasteiger partial charge in [0.2, 0.25) is 0 Å². The summed E-state index contributed by atoms with van der Waals surface area (Å²) in [5.74, 6) is -2.83. The number of ether oxygens (including phenoxy) is 1. The normalized spacial score (nSPS) is 22.1. The average molecular weight is 493 g/mol. The Balaban J connectivity index is 1.61. The molecule has 0 bridgehead atoms. The molecule has 2 aliphatic heterocycles. The lowest BCUT2D eigenvalue weighted by molar-refractivity contribution is -0.137. The van der Waals surface area contributed by atoms with Crippen LogP contribution in [0.2, 0.25) is 0 Å². The molecule has 0 spiro atoms. The summed E-state index contributed by atoms with van der Waals surface area (Å²) in [6.45, 7) is 3.77. The topological polar surface area (TPSA) is 56.6 Å². The molecule has 2 aromatic carbocycles. The van der Waals surface area contributed by atoms with Crippen molar-refractivity contribution in [2.24, 2.45) is 11.3 Å². The molecule has 0 N–H and O–H groups in total. The van der Waals surface area contributed by atoms with Crippen molar-refractivity contribution < 1.29 is 31.5 Å². The highest BCUT2D eigenvalue weighted by atomic mass is 19.4. The molecule has 2 heterocycles. The molecular formula is C25H24F5N3O2. The molecule has 0 aromatic heterocycles. The van der Waals surface area contributed by atoms with Crippen LogP contribution >= 0.6 is 0 Å². The third-order valence-electron chi connectivity index (χ3n) is 6.98. The predicted molar refractivity (Wildman–Crippen MR) is 118 cm³/mol. The number of alkyl halides is 3. The molecule has 0 unspecified atom stereocenters. The van der Waals surface area contributed by atoms with Gasteiger partial charge in [-0.1, -0.05) is 6.07 Å². The molecule has 10 heteroatoms. The smallest absolute Gasteiger partial charge is 0.381 e. The van der Waals surface area contributed by atoms with Crippen LogP contribution in [0, 0.1) is 34.3 Å². The lowest BCUT2D eigenvalue weighted by atomic mass is 9.73. The molecule has 2 atom stereocenters. The molecule has 2 aliphatic rings. The summed E-state index contributed by atoms with van der Waals surface area (Å²) in [4.78, 5) is 16.3. The van der Waals surface area contributed by atoms with Crippen molar-refractivity contribution in [2.75, 3.05) is 44.3 Å². The molecule has 1 amide bonds. The molecule has 35 heavy (non-hydrogen) atoms. The Labute approximate surface area is 199 Å². The first-order valence-electron chi connectivity index (χ1n) is 11.3. The van der Waals surface area contributed by atoms with Crippen LogP contribution in [0.1, 0.15) is 34.8 Å². The zero-order valence-electron chi connectivity index (χ0n) is 19.0. The summed E-state index contributed by atoms with van der Waals surface area (Å²) < 4.78 is 74.7. The van der Waals surface area contributed by atoms with Crippen molar-refractivity contribution >= 4 is 11.6 Å². The van der Waals surface area contributed by atoms with Gasteiger partial charge in [0.1, 0.15) is 17.2 Å². The molecular weight excluding hydrogens is 469 g/mol. The fourth-order valence-corrected chi connectivity index (χ4v) is 5.13.